The highest BCUT2D eigenvalue weighted by molar-refractivity contribution is 7.28. The van der Waals surface area contributed by atoms with Crippen molar-refractivity contribution in [2.45, 2.75) is 89.9 Å². The minimum absolute atomic E-state index is 0.216. The first kappa shape index (κ1) is 70.5. The second-order valence-corrected chi connectivity index (χ2v) is 39.6. The van der Waals surface area contributed by atoms with Gasteiger partial charge in [-0.2, -0.15) is 0 Å². The fourth-order valence-electron chi connectivity index (χ4n) is 21.9. The van der Waals surface area contributed by atoms with Crippen molar-refractivity contribution in [2.75, 3.05) is 0 Å². The summed E-state index contributed by atoms with van der Waals surface area (Å²) in [4.78, 5) is 26.2. The number of nitrogens with one attached hydrogen (secondary N) is 1. The minimum atomic E-state index is -1.44. The van der Waals surface area contributed by atoms with Crippen LogP contribution in [0.25, 0.3) is 207 Å². The average molecular weight is 1670 g/mol. The molecule has 7 aliphatic rings. The van der Waals surface area contributed by atoms with Gasteiger partial charge < -0.3 is 15.0 Å². The number of hydrogen-bond donors (Lipinski definition) is 3. The Bertz CT molecular complexity index is 9050. The third-order valence-corrected chi connectivity index (χ3v) is 33.7. The van der Waals surface area contributed by atoms with Crippen LogP contribution < -0.4 is 5.46 Å². The number of fused-ring (bicyclic) bond motifs is 38. The van der Waals surface area contributed by atoms with Gasteiger partial charge in [-0.25, -0.2) is 9.97 Å². The summed E-state index contributed by atoms with van der Waals surface area (Å²) in [5.41, 5.74) is 30.9. The Balaban J connectivity index is 0.0000000873. The van der Waals surface area contributed by atoms with Crippen LogP contribution in [0.15, 0.2) is 249 Å². The van der Waals surface area contributed by atoms with Crippen molar-refractivity contribution in [1.29, 1.82) is 0 Å². The van der Waals surface area contributed by atoms with Crippen molar-refractivity contribution < 1.29 is 15.0 Å². The van der Waals surface area contributed by atoms with Crippen LogP contribution in [0.1, 0.15) is 77.9 Å². The summed E-state index contributed by atoms with van der Waals surface area (Å²) in [5.74, 6) is 0.731. The third-order valence-electron chi connectivity index (χ3n) is 29.0. The molecular formula is C110H72BN5O4S4. The van der Waals surface area contributed by atoms with Gasteiger partial charge in [-0.1, -0.05) is 152 Å². The number of nitro groups is 1. The lowest BCUT2D eigenvalue weighted by molar-refractivity contribution is -0.384. The average Bonchev–Trinajstić information content (AvgIpc) is 1.52. The fraction of sp³-hybridized carbons (Fsp3) is 0.127. The number of hydrogen-bond acceptors (Lipinski definition) is 10. The quantitative estimate of drug-likeness (QED) is 0.0894. The molecule has 7 aromatic heterocycles. The van der Waals surface area contributed by atoms with E-state index in [1.807, 2.05) is 53.0 Å². The summed E-state index contributed by atoms with van der Waals surface area (Å²) >= 11 is 7.40. The topological polar surface area (TPSA) is 130 Å². The molecule has 0 saturated carbocycles. The number of nitro benzene ring substituents is 1. The van der Waals surface area contributed by atoms with Crippen molar-refractivity contribution in [2.24, 2.45) is 0 Å². The van der Waals surface area contributed by atoms with E-state index in [9.17, 15) is 20.2 Å². The Morgan fingerprint density at radius 2 is 0.750 bits per heavy atom. The number of aryl methyl sites for hydroxylation is 14. The molecule has 0 spiro atoms. The van der Waals surface area contributed by atoms with E-state index in [1.165, 1.54) is 236 Å². The van der Waals surface area contributed by atoms with Gasteiger partial charge in [0.15, 0.2) is 0 Å². The normalized spacial score (nSPS) is 14.3. The fourth-order valence-corrected chi connectivity index (χ4v) is 27.2. The van der Waals surface area contributed by atoms with Gasteiger partial charge in [0.2, 0.25) is 5.95 Å². The van der Waals surface area contributed by atoms with Crippen LogP contribution in [0.2, 0.25) is 0 Å². The number of nitrogens with zero attached hydrogens (tertiary/aromatic N) is 4. The maximum Gasteiger partial charge on any atom is 0.489 e. The molecular weight excluding hydrogens is 1590 g/mol. The second kappa shape index (κ2) is 26.3. The highest BCUT2D eigenvalue weighted by Gasteiger charge is 2.33. The molecule has 14 heteroatoms. The van der Waals surface area contributed by atoms with Crippen molar-refractivity contribution in [3.8, 4) is 28.3 Å². The first-order chi connectivity index (χ1) is 61.0. The predicted octanol–water partition coefficient (Wildman–Crippen LogP) is 27.1. The van der Waals surface area contributed by atoms with Gasteiger partial charge >= 0.3 is 7.12 Å². The Hall–Kier alpha value is -13.0. The summed E-state index contributed by atoms with van der Waals surface area (Å²) in [7, 11) is -1.44. The van der Waals surface area contributed by atoms with Crippen molar-refractivity contribution in [3.05, 3.63) is 337 Å². The highest BCUT2D eigenvalue weighted by Crippen LogP contribution is 2.55. The molecule has 124 heavy (non-hydrogen) atoms. The smallest absolute Gasteiger partial charge is 0.423 e. The van der Waals surface area contributed by atoms with Crippen LogP contribution in [0.3, 0.4) is 0 Å². The van der Waals surface area contributed by atoms with E-state index in [1.54, 1.807) is 45.4 Å². The Kier molecular flexibility index (Phi) is 14.9. The van der Waals surface area contributed by atoms with Crippen molar-refractivity contribution >= 4 is 242 Å². The van der Waals surface area contributed by atoms with E-state index in [2.05, 4.69) is 222 Å². The number of aromatic nitrogens is 4. The van der Waals surface area contributed by atoms with Crippen LogP contribution in [0, 0.1) is 10.1 Å². The van der Waals surface area contributed by atoms with E-state index in [4.69, 9.17) is 9.97 Å². The number of thiophene rings is 4. The molecule has 0 aliphatic heterocycles. The number of aromatic amines is 1. The largest absolute Gasteiger partial charge is 0.489 e. The monoisotopic (exact) mass is 1670 g/mol. The molecule has 0 bridgehead atoms. The zero-order valence-electron chi connectivity index (χ0n) is 67.3. The number of benzene rings is 17. The molecule has 0 atom stereocenters. The maximum atomic E-state index is 12.0. The van der Waals surface area contributed by atoms with Gasteiger partial charge in [0, 0.05) is 147 Å². The zero-order chi connectivity index (χ0) is 81.3. The summed E-state index contributed by atoms with van der Waals surface area (Å²) in [6.45, 7) is 0. The van der Waals surface area contributed by atoms with Gasteiger partial charge in [-0.3, -0.25) is 14.7 Å². The van der Waals surface area contributed by atoms with Gasteiger partial charge in [0.25, 0.3) is 5.69 Å². The number of rotatable bonds is 5. The summed E-state index contributed by atoms with van der Waals surface area (Å²) in [5, 5.41) is 58.7. The molecule has 31 rings (SSSR count). The predicted molar refractivity (Wildman–Crippen MR) is 523 cm³/mol. The number of para-hydroxylation sites is 1. The Morgan fingerprint density at radius 1 is 0.339 bits per heavy atom. The lowest BCUT2D eigenvalue weighted by Gasteiger charge is -2.20. The van der Waals surface area contributed by atoms with Gasteiger partial charge in [-0.15, -0.1) is 45.3 Å². The molecule has 0 fully saturated rings. The summed E-state index contributed by atoms with van der Waals surface area (Å²) in [6, 6.07) is 90.4. The molecule has 17 aromatic carbocycles. The van der Waals surface area contributed by atoms with Crippen LogP contribution >= 0.6 is 45.3 Å². The van der Waals surface area contributed by atoms with E-state index < -0.39 is 7.12 Å². The maximum absolute atomic E-state index is 12.0. The lowest BCUT2D eigenvalue weighted by atomic mass is 9.78. The van der Waals surface area contributed by atoms with Crippen molar-refractivity contribution in [3.63, 3.8) is 0 Å². The second-order valence-electron chi connectivity index (χ2n) is 35.4. The molecule has 588 valence electrons. The molecule has 3 N–H and O–H groups in total. The van der Waals surface area contributed by atoms with Gasteiger partial charge in [0.1, 0.15) is 0 Å². The van der Waals surface area contributed by atoms with E-state index >= 15 is 0 Å². The lowest BCUT2D eigenvalue weighted by Crippen LogP contribution is -2.29. The van der Waals surface area contributed by atoms with Crippen molar-refractivity contribution in [1.82, 2.24) is 19.5 Å². The SMILES string of the molecule is O=[N+]([O-])c1cc2c(cc1-c1cc3ccccc3c3c1sc1cc4c(cc13)CC4)CC2.OB(O)c1cc2ccccc2c2c1sc1cc3c(cc12)CC3.c1ccc(-c2nc(-n3c4cc5c(cc4c4c6sc7cc8c(cc7c6c6ccccc6c43)CC8)CC5)nc3ccccc23)cc1.c1ccc2c(c1)c1[nH]c3cc4c(cc3c1c1sc3cc5c(cc3c21)CC5)CC4. The Morgan fingerprint density at radius 3 is 1.31 bits per heavy atom. The van der Waals surface area contributed by atoms with Crippen LogP contribution in [0.5, 0.6) is 0 Å². The molecule has 0 radical (unpaired) electrons. The third kappa shape index (κ3) is 10.2. The van der Waals surface area contributed by atoms with Crippen LogP contribution in [0.4, 0.5) is 5.69 Å². The van der Waals surface area contributed by atoms with E-state index in [0.717, 1.165) is 122 Å². The molecule has 7 aliphatic carbocycles. The van der Waals surface area contributed by atoms with Gasteiger partial charge in [0.05, 0.1) is 38.2 Å². The summed E-state index contributed by atoms with van der Waals surface area (Å²) < 4.78 is 12.7. The molecule has 0 amide bonds. The number of H-pyrrole nitrogens is 1. The van der Waals surface area contributed by atoms with E-state index in [0.29, 0.717) is 5.46 Å². The zero-order valence-corrected chi connectivity index (χ0v) is 70.5. The molecule has 7 heterocycles. The minimum Gasteiger partial charge on any atom is -0.423 e. The first-order valence-electron chi connectivity index (χ1n) is 43.6. The highest BCUT2D eigenvalue weighted by atomic mass is 32.1. The van der Waals surface area contributed by atoms with E-state index in [-0.39, 0.29) is 10.6 Å². The Labute approximate surface area is 725 Å². The first-order valence-corrected chi connectivity index (χ1v) is 46.8. The molecule has 0 saturated heterocycles. The van der Waals surface area contributed by atoms with Gasteiger partial charge in [-0.05, 0) is 291 Å². The van der Waals surface area contributed by atoms with Crippen LogP contribution in [-0.4, -0.2) is 41.6 Å². The molecule has 0 unspecified atom stereocenters. The standard InChI is InChI=1S/C40H25N3S.C26H17NO2S.C26H17NS.C18H13BO2S/c1-2-8-22(9-3-1)37-29-12-6-7-13-32(29)41-40(42-37)43-33-20-25-16-14-23(25)18-30(33)36-38(43)28-11-5-4-10-27(28)35-31-19-24-15-17-26(24)21-34(31)44-39(35)36;28-27(29)23-12-16-7-5-14(16)9-20(23)21-11-18-3-1-2-4-19(18)25-22-10-15-6-8-17(15)13-24(22)30-26(21)25;1-2-4-18-17(3-1)23-20-10-14-6-8-16(14)12-22(20)28-26(23)24-19-9-13-5-7-15(13)11-21(19)27-25(18)24;20-19(21)15-8-12-3-1-2-4-13(12)17-14-7-10-5-6-11(10)9-16(14)22-18(15)17/h1-13,18-21H,14-17H2;1-4,9-13H,5-8H2;1-4,9-12,27H,5-8H2;1-4,7-9,20-21H,5-6H2. The molecule has 9 nitrogen and oxygen atoms in total. The van der Waals surface area contributed by atoms with Crippen LogP contribution in [-0.2, 0) is 89.9 Å². The summed E-state index contributed by atoms with van der Waals surface area (Å²) in [6.07, 6.45) is 16.2. The molecule has 24 aromatic rings.